The maximum absolute atomic E-state index is 11.6. The first-order valence-electron chi connectivity index (χ1n) is 10.7. The number of rotatable bonds is 5. The molecule has 0 N–H and O–H groups in total. The van der Waals surface area contributed by atoms with Crippen LogP contribution in [0.3, 0.4) is 0 Å². The molecule has 2 unspecified atom stereocenters. The molecule has 5 nitrogen and oxygen atoms in total. The Morgan fingerprint density at radius 2 is 2.06 bits per heavy atom. The Kier molecular flexibility index (Phi) is 5.10. The number of pyridine rings is 1. The Bertz CT molecular complexity index is 1140. The number of esters is 1. The van der Waals surface area contributed by atoms with E-state index in [0.29, 0.717) is 13.0 Å². The van der Waals surface area contributed by atoms with Crippen LogP contribution in [0.5, 0.6) is 11.5 Å². The lowest BCUT2D eigenvalue weighted by molar-refractivity contribution is -0.141. The fourth-order valence-corrected chi connectivity index (χ4v) is 4.68. The molecule has 1 aromatic heterocycles. The summed E-state index contributed by atoms with van der Waals surface area (Å²) in [5, 5.41) is 0. The molecule has 3 aromatic rings. The van der Waals surface area contributed by atoms with Crippen LogP contribution in [-0.2, 0) is 16.0 Å². The van der Waals surface area contributed by atoms with E-state index in [1.807, 2.05) is 30.5 Å². The van der Waals surface area contributed by atoms with Gasteiger partial charge >= 0.3 is 5.97 Å². The van der Waals surface area contributed by atoms with Gasteiger partial charge in [0, 0.05) is 29.3 Å². The summed E-state index contributed by atoms with van der Waals surface area (Å²) in [6, 6.07) is 16.4. The first kappa shape index (κ1) is 19.6. The molecule has 2 atom stereocenters. The third-order valence-corrected chi connectivity index (χ3v) is 6.26. The standard InChI is InChI=1S/C26H25NO4/c1-16-5-4-12-27-26(16)22-7-3-6-21-20(22)10-11-23(21)31-18-8-9-19-17(13-25(28)29-2)15-30-24(19)14-18/h3-9,12,14,17,23H,10-11,13,15H2,1-2H3. The normalized spacial score (nSPS) is 18.8. The van der Waals surface area contributed by atoms with E-state index >= 15 is 0 Å². The predicted octanol–water partition coefficient (Wildman–Crippen LogP) is 5.16. The number of methoxy groups -OCH3 is 1. The summed E-state index contributed by atoms with van der Waals surface area (Å²) in [6.07, 6.45) is 4.08. The van der Waals surface area contributed by atoms with Gasteiger partial charge < -0.3 is 14.2 Å². The SMILES string of the molecule is COC(=O)CC1COc2cc(OC3CCc4c(-c5ncccc5C)cccc43)ccc21. The average molecular weight is 415 g/mol. The van der Waals surface area contributed by atoms with Gasteiger partial charge in [-0.2, -0.15) is 0 Å². The number of ether oxygens (including phenoxy) is 3. The maximum atomic E-state index is 11.6. The molecule has 2 heterocycles. The van der Waals surface area contributed by atoms with Crippen molar-refractivity contribution in [2.75, 3.05) is 13.7 Å². The predicted molar refractivity (Wildman–Crippen MR) is 117 cm³/mol. The monoisotopic (exact) mass is 415 g/mol. The van der Waals surface area contributed by atoms with Crippen molar-refractivity contribution in [1.29, 1.82) is 0 Å². The Hall–Kier alpha value is -3.34. The lowest BCUT2D eigenvalue weighted by Gasteiger charge is -2.17. The minimum absolute atomic E-state index is 0.00397. The lowest BCUT2D eigenvalue weighted by Crippen LogP contribution is -2.09. The number of aromatic nitrogens is 1. The van der Waals surface area contributed by atoms with Crippen molar-refractivity contribution in [2.45, 2.75) is 38.2 Å². The molecule has 0 bridgehead atoms. The van der Waals surface area contributed by atoms with Gasteiger partial charge in [-0.3, -0.25) is 9.78 Å². The van der Waals surface area contributed by atoms with Crippen molar-refractivity contribution in [3.05, 3.63) is 77.0 Å². The van der Waals surface area contributed by atoms with E-state index in [1.165, 1.54) is 29.4 Å². The third kappa shape index (κ3) is 3.65. The van der Waals surface area contributed by atoms with Crippen molar-refractivity contribution in [3.63, 3.8) is 0 Å². The van der Waals surface area contributed by atoms with E-state index in [2.05, 4.69) is 36.2 Å². The Labute approximate surface area is 182 Å². The van der Waals surface area contributed by atoms with Crippen molar-refractivity contribution >= 4 is 5.97 Å². The van der Waals surface area contributed by atoms with E-state index in [0.717, 1.165) is 35.6 Å². The topological polar surface area (TPSA) is 57.7 Å². The van der Waals surface area contributed by atoms with Crippen LogP contribution in [-0.4, -0.2) is 24.7 Å². The van der Waals surface area contributed by atoms with Gasteiger partial charge in [-0.25, -0.2) is 0 Å². The van der Waals surface area contributed by atoms with Gasteiger partial charge in [0.15, 0.2) is 0 Å². The van der Waals surface area contributed by atoms with Crippen LogP contribution in [0.4, 0.5) is 0 Å². The molecule has 1 aliphatic carbocycles. The van der Waals surface area contributed by atoms with Gasteiger partial charge in [0.25, 0.3) is 0 Å². The number of fused-ring (bicyclic) bond motifs is 2. The maximum Gasteiger partial charge on any atom is 0.306 e. The number of hydrogen-bond acceptors (Lipinski definition) is 5. The molecular weight excluding hydrogens is 390 g/mol. The van der Waals surface area contributed by atoms with Crippen LogP contribution in [0.15, 0.2) is 54.7 Å². The highest BCUT2D eigenvalue weighted by Crippen LogP contribution is 2.43. The zero-order chi connectivity index (χ0) is 21.4. The molecule has 2 aromatic carbocycles. The summed E-state index contributed by atoms with van der Waals surface area (Å²) in [6.45, 7) is 2.59. The fraction of sp³-hybridized carbons (Fsp3) is 0.308. The molecule has 158 valence electrons. The van der Waals surface area contributed by atoms with Gasteiger partial charge in [0.1, 0.15) is 17.6 Å². The van der Waals surface area contributed by atoms with Crippen molar-refractivity contribution in [2.24, 2.45) is 0 Å². The second-order valence-corrected chi connectivity index (χ2v) is 8.18. The quantitative estimate of drug-likeness (QED) is 0.539. The summed E-state index contributed by atoms with van der Waals surface area (Å²) in [4.78, 5) is 16.3. The Balaban J connectivity index is 1.38. The number of carbonyl (C=O) groups excluding carboxylic acids is 1. The summed E-state index contributed by atoms with van der Waals surface area (Å²) in [5.74, 6) is 1.40. The van der Waals surface area contributed by atoms with Gasteiger partial charge in [0.2, 0.25) is 0 Å². The molecule has 0 spiro atoms. The summed E-state index contributed by atoms with van der Waals surface area (Å²) < 4.78 is 17.0. The van der Waals surface area contributed by atoms with Gasteiger partial charge in [-0.1, -0.05) is 30.3 Å². The highest BCUT2D eigenvalue weighted by molar-refractivity contribution is 5.71. The highest BCUT2D eigenvalue weighted by Gasteiger charge is 2.30. The smallest absolute Gasteiger partial charge is 0.306 e. The van der Waals surface area contributed by atoms with Crippen LogP contribution in [0, 0.1) is 6.92 Å². The molecule has 31 heavy (non-hydrogen) atoms. The number of benzene rings is 2. The second kappa shape index (κ2) is 8.06. The first-order chi connectivity index (χ1) is 15.1. The first-order valence-corrected chi connectivity index (χ1v) is 10.7. The van der Waals surface area contributed by atoms with Gasteiger partial charge in [-0.15, -0.1) is 0 Å². The van der Waals surface area contributed by atoms with Crippen LogP contribution in [0.1, 0.15) is 47.1 Å². The molecule has 0 saturated carbocycles. The zero-order valence-corrected chi connectivity index (χ0v) is 17.8. The minimum atomic E-state index is -0.219. The van der Waals surface area contributed by atoms with Crippen LogP contribution in [0.2, 0.25) is 0 Å². The molecule has 0 saturated heterocycles. The second-order valence-electron chi connectivity index (χ2n) is 8.18. The molecule has 0 radical (unpaired) electrons. The largest absolute Gasteiger partial charge is 0.492 e. The highest BCUT2D eigenvalue weighted by atomic mass is 16.5. The molecule has 5 rings (SSSR count). The van der Waals surface area contributed by atoms with Crippen molar-refractivity contribution in [1.82, 2.24) is 4.98 Å². The van der Waals surface area contributed by atoms with Crippen LogP contribution < -0.4 is 9.47 Å². The van der Waals surface area contributed by atoms with E-state index in [4.69, 9.17) is 14.2 Å². The molecule has 0 amide bonds. The summed E-state index contributed by atoms with van der Waals surface area (Å²) >= 11 is 0. The van der Waals surface area contributed by atoms with E-state index in [9.17, 15) is 4.79 Å². The third-order valence-electron chi connectivity index (χ3n) is 6.26. The summed E-state index contributed by atoms with van der Waals surface area (Å²) in [5.41, 5.74) is 7.01. The van der Waals surface area contributed by atoms with Crippen LogP contribution in [0.25, 0.3) is 11.3 Å². The number of hydrogen-bond donors (Lipinski definition) is 0. The molecule has 0 fully saturated rings. The number of carbonyl (C=O) groups is 1. The van der Waals surface area contributed by atoms with Crippen molar-refractivity contribution < 1.29 is 19.0 Å². The lowest BCUT2D eigenvalue weighted by atomic mass is 9.97. The molecular formula is C26H25NO4. The van der Waals surface area contributed by atoms with E-state index < -0.39 is 0 Å². The fourth-order valence-electron chi connectivity index (χ4n) is 4.68. The molecule has 2 aliphatic rings. The van der Waals surface area contributed by atoms with E-state index in [-0.39, 0.29) is 18.0 Å². The minimum Gasteiger partial charge on any atom is -0.492 e. The Morgan fingerprint density at radius 1 is 1.16 bits per heavy atom. The van der Waals surface area contributed by atoms with Gasteiger partial charge in [-0.05, 0) is 48.6 Å². The molecule has 5 heteroatoms. The Morgan fingerprint density at radius 3 is 2.90 bits per heavy atom. The summed E-state index contributed by atoms with van der Waals surface area (Å²) in [7, 11) is 1.41. The van der Waals surface area contributed by atoms with Gasteiger partial charge in [0.05, 0.1) is 25.8 Å². The zero-order valence-electron chi connectivity index (χ0n) is 17.8. The van der Waals surface area contributed by atoms with Crippen molar-refractivity contribution in [3.8, 4) is 22.8 Å². The average Bonchev–Trinajstić information content (AvgIpc) is 3.38. The van der Waals surface area contributed by atoms with E-state index in [1.54, 1.807) is 0 Å². The number of aryl methyl sites for hydroxylation is 1. The van der Waals surface area contributed by atoms with Crippen LogP contribution >= 0.6 is 0 Å². The molecule has 1 aliphatic heterocycles. The number of nitrogens with zero attached hydrogens (tertiary/aromatic N) is 1.